The lowest BCUT2D eigenvalue weighted by Gasteiger charge is -2.17. The highest BCUT2D eigenvalue weighted by Crippen LogP contribution is 2.26. The molecule has 1 saturated carbocycles. The van der Waals surface area contributed by atoms with E-state index in [2.05, 4.69) is 17.2 Å². The molecule has 0 amide bonds. The van der Waals surface area contributed by atoms with Crippen molar-refractivity contribution in [2.24, 2.45) is 5.92 Å². The maximum atomic E-state index is 13.0. The van der Waals surface area contributed by atoms with Crippen LogP contribution in [0.1, 0.15) is 45.4 Å². The van der Waals surface area contributed by atoms with Crippen LogP contribution >= 0.6 is 0 Å². The molecule has 2 rings (SSSR count). The van der Waals surface area contributed by atoms with Gasteiger partial charge in [0.25, 0.3) is 0 Å². The third-order valence-electron chi connectivity index (χ3n) is 3.73. The van der Waals surface area contributed by atoms with E-state index in [0.29, 0.717) is 11.9 Å². The predicted octanol–water partition coefficient (Wildman–Crippen LogP) is 3.99. The molecule has 0 aromatic carbocycles. The molecule has 1 aromatic heterocycles. The van der Waals surface area contributed by atoms with Crippen molar-refractivity contribution in [3.05, 3.63) is 24.1 Å². The van der Waals surface area contributed by atoms with Crippen LogP contribution in [0.2, 0.25) is 0 Å². The van der Waals surface area contributed by atoms with Crippen LogP contribution in [-0.4, -0.2) is 11.0 Å². The van der Waals surface area contributed by atoms with Crippen LogP contribution in [0, 0.1) is 11.9 Å². The average Bonchev–Trinajstić information content (AvgIpc) is 2.54. The highest BCUT2D eigenvalue weighted by atomic mass is 19.1. The number of aromatic nitrogens is 1. The molecule has 1 aliphatic rings. The SMILES string of the molecule is CCC1CCCC(Nc2cccc(F)n2)CC1. The first-order valence-electron chi connectivity index (χ1n) is 6.67. The maximum absolute atomic E-state index is 13.0. The van der Waals surface area contributed by atoms with Gasteiger partial charge < -0.3 is 5.32 Å². The third-order valence-corrected chi connectivity index (χ3v) is 3.73. The minimum atomic E-state index is -0.407. The van der Waals surface area contributed by atoms with Crippen LogP contribution in [0.5, 0.6) is 0 Å². The summed E-state index contributed by atoms with van der Waals surface area (Å²) >= 11 is 0. The number of halogens is 1. The van der Waals surface area contributed by atoms with E-state index in [4.69, 9.17) is 0 Å². The Hall–Kier alpha value is -1.12. The number of nitrogens with zero attached hydrogens (tertiary/aromatic N) is 1. The van der Waals surface area contributed by atoms with Gasteiger partial charge in [-0.3, -0.25) is 0 Å². The average molecular weight is 236 g/mol. The van der Waals surface area contributed by atoms with E-state index in [1.54, 1.807) is 6.07 Å². The number of hydrogen-bond donors (Lipinski definition) is 1. The Morgan fingerprint density at radius 3 is 2.94 bits per heavy atom. The van der Waals surface area contributed by atoms with Gasteiger partial charge >= 0.3 is 0 Å². The second-order valence-corrected chi connectivity index (χ2v) is 4.97. The van der Waals surface area contributed by atoms with Gasteiger partial charge in [0, 0.05) is 6.04 Å². The number of nitrogens with one attached hydrogen (secondary N) is 1. The van der Waals surface area contributed by atoms with Crippen molar-refractivity contribution in [1.29, 1.82) is 0 Å². The summed E-state index contributed by atoms with van der Waals surface area (Å²) in [5, 5.41) is 3.36. The lowest BCUT2D eigenvalue weighted by molar-refractivity contribution is 0.444. The quantitative estimate of drug-likeness (QED) is 0.634. The predicted molar refractivity (Wildman–Crippen MR) is 68.5 cm³/mol. The first-order chi connectivity index (χ1) is 8.28. The fourth-order valence-electron chi connectivity index (χ4n) is 2.63. The van der Waals surface area contributed by atoms with Crippen LogP contribution in [0.15, 0.2) is 18.2 Å². The van der Waals surface area contributed by atoms with Crippen LogP contribution < -0.4 is 5.32 Å². The molecule has 0 saturated heterocycles. The number of pyridine rings is 1. The zero-order valence-corrected chi connectivity index (χ0v) is 10.5. The molecule has 17 heavy (non-hydrogen) atoms. The molecule has 94 valence electrons. The second kappa shape index (κ2) is 5.99. The van der Waals surface area contributed by atoms with Gasteiger partial charge in [-0.25, -0.2) is 4.98 Å². The summed E-state index contributed by atoms with van der Waals surface area (Å²) in [4.78, 5) is 3.86. The minimum Gasteiger partial charge on any atom is -0.367 e. The monoisotopic (exact) mass is 236 g/mol. The van der Waals surface area contributed by atoms with Crippen LogP contribution in [0.3, 0.4) is 0 Å². The summed E-state index contributed by atoms with van der Waals surface area (Å²) in [6, 6.07) is 5.38. The lowest BCUT2D eigenvalue weighted by atomic mass is 9.98. The Balaban J connectivity index is 1.90. The molecule has 0 radical (unpaired) electrons. The van der Waals surface area contributed by atoms with E-state index >= 15 is 0 Å². The van der Waals surface area contributed by atoms with Crippen LogP contribution in [0.25, 0.3) is 0 Å². The van der Waals surface area contributed by atoms with Crippen molar-refractivity contribution in [2.45, 2.75) is 51.5 Å². The van der Waals surface area contributed by atoms with Gasteiger partial charge in [0.15, 0.2) is 0 Å². The molecule has 1 aromatic rings. The standard InChI is InChI=1S/C14H21FN2/c1-2-11-5-3-6-12(10-9-11)16-14-8-4-7-13(15)17-14/h4,7-8,11-12H,2-3,5-6,9-10H2,1H3,(H,16,17). The van der Waals surface area contributed by atoms with Crippen molar-refractivity contribution in [1.82, 2.24) is 4.98 Å². The molecule has 2 atom stereocenters. The highest BCUT2D eigenvalue weighted by molar-refractivity contribution is 5.34. The largest absolute Gasteiger partial charge is 0.367 e. The summed E-state index contributed by atoms with van der Waals surface area (Å²) in [6.45, 7) is 2.27. The van der Waals surface area contributed by atoms with Gasteiger partial charge in [0.1, 0.15) is 5.82 Å². The molecule has 0 spiro atoms. The summed E-state index contributed by atoms with van der Waals surface area (Å²) in [6.07, 6.45) is 7.52. The number of rotatable bonds is 3. The molecule has 2 nitrogen and oxygen atoms in total. The highest BCUT2D eigenvalue weighted by Gasteiger charge is 2.17. The van der Waals surface area contributed by atoms with Gasteiger partial charge in [-0.15, -0.1) is 0 Å². The van der Waals surface area contributed by atoms with E-state index in [1.165, 1.54) is 44.6 Å². The second-order valence-electron chi connectivity index (χ2n) is 4.97. The third kappa shape index (κ3) is 3.69. The van der Waals surface area contributed by atoms with Gasteiger partial charge in [0.2, 0.25) is 5.95 Å². The van der Waals surface area contributed by atoms with Crippen LogP contribution in [-0.2, 0) is 0 Å². The number of anilines is 1. The lowest BCUT2D eigenvalue weighted by Crippen LogP contribution is -2.19. The Morgan fingerprint density at radius 2 is 2.18 bits per heavy atom. The molecule has 1 heterocycles. The van der Waals surface area contributed by atoms with Crippen molar-refractivity contribution in [3.63, 3.8) is 0 Å². The van der Waals surface area contributed by atoms with Crippen LogP contribution in [0.4, 0.5) is 10.2 Å². The van der Waals surface area contributed by atoms with Gasteiger partial charge in [-0.2, -0.15) is 4.39 Å². The summed E-state index contributed by atoms with van der Waals surface area (Å²) in [5.74, 6) is 1.14. The minimum absolute atomic E-state index is 0.407. The maximum Gasteiger partial charge on any atom is 0.214 e. The molecule has 1 N–H and O–H groups in total. The van der Waals surface area contributed by atoms with E-state index in [9.17, 15) is 4.39 Å². The molecule has 1 fully saturated rings. The van der Waals surface area contributed by atoms with E-state index < -0.39 is 5.95 Å². The Kier molecular flexibility index (Phi) is 4.35. The smallest absolute Gasteiger partial charge is 0.214 e. The zero-order chi connectivity index (χ0) is 12.1. The first kappa shape index (κ1) is 12.3. The topological polar surface area (TPSA) is 24.9 Å². The summed E-state index contributed by atoms with van der Waals surface area (Å²) in [5.41, 5.74) is 0. The van der Waals surface area contributed by atoms with Gasteiger partial charge in [0.05, 0.1) is 0 Å². The fraction of sp³-hybridized carbons (Fsp3) is 0.643. The van der Waals surface area contributed by atoms with Crippen molar-refractivity contribution < 1.29 is 4.39 Å². The molecule has 0 aliphatic heterocycles. The van der Waals surface area contributed by atoms with E-state index in [-0.39, 0.29) is 0 Å². The molecule has 3 heteroatoms. The summed E-state index contributed by atoms with van der Waals surface area (Å²) in [7, 11) is 0. The molecule has 2 unspecified atom stereocenters. The van der Waals surface area contributed by atoms with Gasteiger partial charge in [-0.05, 0) is 37.3 Å². The van der Waals surface area contributed by atoms with Crippen molar-refractivity contribution in [3.8, 4) is 0 Å². The van der Waals surface area contributed by atoms with E-state index in [1.807, 2.05) is 6.07 Å². The van der Waals surface area contributed by atoms with Gasteiger partial charge in [-0.1, -0.05) is 32.3 Å². The normalized spacial score (nSPS) is 25.3. The molecule has 0 bridgehead atoms. The molecule has 1 aliphatic carbocycles. The fourth-order valence-corrected chi connectivity index (χ4v) is 2.63. The Bertz CT molecular complexity index is 354. The zero-order valence-electron chi connectivity index (χ0n) is 10.5. The molecular weight excluding hydrogens is 215 g/mol. The number of hydrogen-bond acceptors (Lipinski definition) is 2. The summed E-state index contributed by atoms with van der Waals surface area (Å²) < 4.78 is 13.0. The Labute approximate surface area is 103 Å². The van der Waals surface area contributed by atoms with Crippen molar-refractivity contribution >= 4 is 5.82 Å². The van der Waals surface area contributed by atoms with Crippen molar-refractivity contribution in [2.75, 3.05) is 5.32 Å². The molecular formula is C14H21FN2. The Morgan fingerprint density at radius 1 is 1.29 bits per heavy atom. The van der Waals surface area contributed by atoms with E-state index in [0.717, 1.165) is 5.92 Å². The first-order valence-corrected chi connectivity index (χ1v) is 6.67.